The molecule has 0 bridgehead atoms. The number of benzene rings is 2. The number of rotatable bonds is 4. The van der Waals surface area contributed by atoms with Crippen LogP contribution in [0.25, 0.3) is 0 Å². The van der Waals surface area contributed by atoms with Gasteiger partial charge < -0.3 is 5.32 Å². The Balaban J connectivity index is 1.91. The molecule has 1 saturated heterocycles. The van der Waals surface area contributed by atoms with Crippen LogP contribution in [0.15, 0.2) is 47.4 Å². The first kappa shape index (κ1) is 18.9. The second-order valence-corrected chi connectivity index (χ2v) is 8.69. The molecule has 0 spiro atoms. The van der Waals surface area contributed by atoms with Crippen molar-refractivity contribution >= 4 is 33.2 Å². The maximum Gasteiger partial charge on any atom is 0.257 e. The second kappa shape index (κ2) is 7.78. The second-order valence-electron chi connectivity index (χ2n) is 6.38. The summed E-state index contributed by atoms with van der Waals surface area (Å²) in [5.74, 6) is -0.471. The Morgan fingerprint density at radius 3 is 2.46 bits per heavy atom. The van der Waals surface area contributed by atoms with Crippen molar-refractivity contribution in [1.82, 2.24) is 4.31 Å². The highest BCUT2D eigenvalue weighted by atomic mass is 35.5. The number of anilines is 1. The lowest BCUT2D eigenvalue weighted by molar-refractivity contribution is 0.102. The molecule has 1 N–H and O–H groups in total. The predicted octanol–water partition coefficient (Wildman–Crippen LogP) is 4.08. The summed E-state index contributed by atoms with van der Waals surface area (Å²) in [7, 11) is -3.70. The molecule has 0 atom stereocenters. The highest BCUT2D eigenvalue weighted by molar-refractivity contribution is 7.89. The first-order chi connectivity index (χ1) is 12.4. The van der Waals surface area contributed by atoms with Crippen molar-refractivity contribution < 1.29 is 13.2 Å². The SMILES string of the molecule is Cc1ccc(NC(=O)c2ccccc2S(=O)(=O)N2CCCCC2)cc1Cl. The van der Waals surface area contributed by atoms with Gasteiger partial charge >= 0.3 is 0 Å². The molecule has 0 aliphatic carbocycles. The number of nitrogens with zero attached hydrogens (tertiary/aromatic N) is 1. The highest BCUT2D eigenvalue weighted by Gasteiger charge is 2.29. The average molecular weight is 393 g/mol. The lowest BCUT2D eigenvalue weighted by atomic mass is 10.2. The largest absolute Gasteiger partial charge is 0.322 e. The van der Waals surface area contributed by atoms with Gasteiger partial charge in [0.15, 0.2) is 0 Å². The van der Waals surface area contributed by atoms with E-state index in [-0.39, 0.29) is 10.5 Å². The van der Waals surface area contributed by atoms with E-state index in [4.69, 9.17) is 11.6 Å². The van der Waals surface area contributed by atoms with E-state index >= 15 is 0 Å². The van der Waals surface area contributed by atoms with Gasteiger partial charge in [-0.05, 0) is 49.6 Å². The van der Waals surface area contributed by atoms with Crippen LogP contribution in [-0.4, -0.2) is 31.7 Å². The van der Waals surface area contributed by atoms with E-state index < -0.39 is 15.9 Å². The van der Waals surface area contributed by atoms with Gasteiger partial charge in [0, 0.05) is 23.8 Å². The van der Waals surface area contributed by atoms with Crippen molar-refractivity contribution in [3.8, 4) is 0 Å². The molecular formula is C19H21ClN2O3S. The number of hydrogen-bond acceptors (Lipinski definition) is 3. The molecule has 1 fully saturated rings. The molecule has 2 aromatic carbocycles. The summed E-state index contributed by atoms with van der Waals surface area (Å²) < 4.78 is 27.4. The van der Waals surface area contributed by atoms with Gasteiger partial charge in [-0.25, -0.2) is 8.42 Å². The molecule has 3 rings (SSSR count). The molecule has 1 amide bonds. The van der Waals surface area contributed by atoms with Crippen LogP contribution < -0.4 is 5.32 Å². The lowest BCUT2D eigenvalue weighted by Crippen LogP contribution is -2.36. The van der Waals surface area contributed by atoms with Crippen molar-refractivity contribution in [2.75, 3.05) is 18.4 Å². The fraction of sp³-hybridized carbons (Fsp3) is 0.316. The first-order valence-corrected chi connectivity index (χ1v) is 10.4. The van der Waals surface area contributed by atoms with E-state index in [0.29, 0.717) is 23.8 Å². The van der Waals surface area contributed by atoms with Gasteiger partial charge in [-0.15, -0.1) is 0 Å². The van der Waals surface area contributed by atoms with Crippen LogP contribution in [0, 0.1) is 6.92 Å². The Morgan fingerprint density at radius 1 is 1.08 bits per heavy atom. The zero-order chi connectivity index (χ0) is 18.7. The Labute approximate surface area is 159 Å². The van der Waals surface area contributed by atoms with Crippen molar-refractivity contribution in [3.63, 3.8) is 0 Å². The highest BCUT2D eigenvalue weighted by Crippen LogP contribution is 2.25. The Hall–Kier alpha value is -1.89. The summed E-state index contributed by atoms with van der Waals surface area (Å²) in [6.45, 7) is 2.85. The normalized spacial score (nSPS) is 15.6. The molecule has 138 valence electrons. The maximum atomic E-state index is 13.0. The minimum atomic E-state index is -3.70. The van der Waals surface area contributed by atoms with Gasteiger partial charge in [0.25, 0.3) is 5.91 Å². The van der Waals surface area contributed by atoms with E-state index in [2.05, 4.69) is 5.32 Å². The summed E-state index contributed by atoms with van der Waals surface area (Å²) in [5, 5.41) is 3.27. The number of aryl methyl sites for hydroxylation is 1. The molecule has 0 aromatic heterocycles. The molecule has 0 unspecified atom stereocenters. The molecule has 0 radical (unpaired) electrons. The van der Waals surface area contributed by atoms with E-state index in [1.165, 1.54) is 16.4 Å². The molecule has 1 aliphatic heterocycles. The summed E-state index contributed by atoms with van der Waals surface area (Å²) in [4.78, 5) is 12.8. The van der Waals surface area contributed by atoms with Gasteiger partial charge in [0.1, 0.15) is 0 Å². The van der Waals surface area contributed by atoms with E-state index in [1.54, 1.807) is 30.3 Å². The Kier molecular flexibility index (Phi) is 5.65. The molecule has 5 nitrogen and oxygen atoms in total. The van der Waals surface area contributed by atoms with Crippen molar-refractivity contribution in [1.29, 1.82) is 0 Å². The number of nitrogens with one attached hydrogen (secondary N) is 1. The fourth-order valence-corrected chi connectivity index (χ4v) is 4.88. The number of sulfonamides is 1. The van der Waals surface area contributed by atoms with Crippen LogP contribution >= 0.6 is 11.6 Å². The third kappa shape index (κ3) is 3.92. The standard InChI is InChI=1S/C19H21ClN2O3S/c1-14-9-10-15(13-17(14)20)21-19(23)16-7-3-4-8-18(16)26(24,25)22-11-5-2-6-12-22/h3-4,7-10,13H,2,5-6,11-12H2,1H3,(H,21,23). The fourth-order valence-electron chi connectivity index (χ4n) is 2.99. The van der Waals surface area contributed by atoms with Crippen LogP contribution in [-0.2, 0) is 10.0 Å². The maximum absolute atomic E-state index is 13.0. The molecule has 2 aromatic rings. The summed E-state index contributed by atoms with van der Waals surface area (Å²) in [6.07, 6.45) is 2.72. The van der Waals surface area contributed by atoms with Crippen molar-refractivity contribution in [2.24, 2.45) is 0 Å². The molecule has 0 saturated carbocycles. The van der Waals surface area contributed by atoms with Crippen molar-refractivity contribution in [2.45, 2.75) is 31.1 Å². The van der Waals surface area contributed by atoms with Crippen molar-refractivity contribution in [3.05, 3.63) is 58.6 Å². The van der Waals surface area contributed by atoms with Gasteiger partial charge in [-0.1, -0.05) is 36.2 Å². The number of hydrogen-bond donors (Lipinski definition) is 1. The molecule has 1 heterocycles. The third-order valence-corrected chi connectivity index (χ3v) is 6.86. The summed E-state index contributed by atoms with van der Waals surface area (Å²) in [5.41, 5.74) is 1.56. The molecule has 26 heavy (non-hydrogen) atoms. The van der Waals surface area contributed by atoms with Gasteiger partial charge in [-0.2, -0.15) is 4.31 Å². The zero-order valence-electron chi connectivity index (χ0n) is 14.5. The number of piperidine rings is 1. The van der Waals surface area contributed by atoms with Crippen LogP contribution in [0.3, 0.4) is 0 Å². The Bertz CT molecular complexity index is 922. The molecule has 7 heteroatoms. The van der Waals surface area contributed by atoms with Gasteiger partial charge in [0.2, 0.25) is 10.0 Å². The third-order valence-electron chi connectivity index (χ3n) is 4.49. The van der Waals surface area contributed by atoms with E-state index in [1.807, 2.05) is 6.92 Å². The first-order valence-electron chi connectivity index (χ1n) is 8.56. The minimum Gasteiger partial charge on any atom is -0.322 e. The number of amides is 1. The monoisotopic (exact) mass is 392 g/mol. The average Bonchev–Trinajstić information content (AvgIpc) is 2.65. The molecule has 1 aliphatic rings. The predicted molar refractivity (Wildman–Crippen MR) is 103 cm³/mol. The Morgan fingerprint density at radius 2 is 1.77 bits per heavy atom. The number of carbonyl (C=O) groups excluding carboxylic acids is 1. The van der Waals surface area contributed by atoms with Crippen LogP contribution in [0.5, 0.6) is 0 Å². The van der Waals surface area contributed by atoms with E-state index in [9.17, 15) is 13.2 Å². The number of halogens is 1. The quantitative estimate of drug-likeness (QED) is 0.852. The summed E-state index contributed by atoms with van der Waals surface area (Å²) >= 11 is 6.09. The van der Waals surface area contributed by atoms with Crippen LogP contribution in [0.2, 0.25) is 5.02 Å². The van der Waals surface area contributed by atoms with E-state index in [0.717, 1.165) is 24.8 Å². The smallest absolute Gasteiger partial charge is 0.257 e. The van der Waals surface area contributed by atoms with Gasteiger partial charge in [0.05, 0.1) is 10.5 Å². The summed E-state index contributed by atoms with van der Waals surface area (Å²) in [6, 6.07) is 11.5. The minimum absolute atomic E-state index is 0.0395. The number of carbonyl (C=O) groups is 1. The van der Waals surface area contributed by atoms with Crippen LogP contribution in [0.1, 0.15) is 35.2 Å². The zero-order valence-corrected chi connectivity index (χ0v) is 16.1. The topological polar surface area (TPSA) is 66.5 Å². The molecular weight excluding hydrogens is 372 g/mol. The lowest BCUT2D eigenvalue weighted by Gasteiger charge is -2.26. The van der Waals surface area contributed by atoms with Crippen LogP contribution in [0.4, 0.5) is 5.69 Å². The van der Waals surface area contributed by atoms with Gasteiger partial charge in [-0.3, -0.25) is 4.79 Å².